The lowest BCUT2D eigenvalue weighted by atomic mass is 9.85. The van der Waals surface area contributed by atoms with Gasteiger partial charge in [-0.25, -0.2) is 0 Å². The molecule has 1 amide bonds. The molecule has 3 aromatic rings. The molecule has 1 unspecified atom stereocenters. The molecule has 2 aliphatic heterocycles. The molecular weight excluding hydrogens is 482 g/mol. The molecule has 0 aromatic heterocycles. The molecule has 0 aliphatic carbocycles. The quantitative estimate of drug-likeness (QED) is 0.264. The monoisotopic (exact) mass is 513 g/mol. The third-order valence-electron chi connectivity index (χ3n) is 6.78. The molecule has 0 spiro atoms. The highest BCUT2D eigenvalue weighted by atomic mass is 16.6. The Morgan fingerprint density at radius 2 is 1.61 bits per heavy atom. The number of benzene rings is 3. The van der Waals surface area contributed by atoms with E-state index in [9.17, 15) is 14.7 Å². The molecule has 2 aliphatic rings. The predicted molar refractivity (Wildman–Crippen MR) is 145 cm³/mol. The van der Waals surface area contributed by atoms with Crippen LogP contribution in [0.4, 0.5) is 5.69 Å². The lowest BCUT2D eigenvalue weighted by Gasteiger charge is -2.28. The maximum absolute atomic E-state index is 13.5. The zero-order valence-corrected chi connectivity index (χ0v) is 22.0. The van der Waals surface area contributed by atoms with Crippen molar-refractivity contribution in [2.45, 2.75) is 39.2 Å². The van der Waals surface area contributed by atoms with Crippen LogP contribution in [0.15, 0.2) is 72.3 Å². The van der Waals surface area contributed by atoms with Crippen LogP contribution in [0.1, 0.15) is 50.4 Å². The summed E-state index contributed by atoms with van der Waals surface area (Å²) >= 11 is 0. The number of Topliss-reactive ketones (excluding diaryl/α,β-unsaturated/α-hetero) is 1. The lowest BCUT2D eigenvalue weighted by molar-refractivity contribution is -0.132. The topological polar surface area (TPSA) is 85.3 Å². The zero-order valence-electron chi connectivity index (χ0n) is 22.0. The Labute approximate surface area is 222 Å². The average Bonchev–Trinajstić information content (AvgIpc) is 3.18. The van der Waals surface area contributed by atoms with Crippen LogP contribution in [0.5, 0.6) is 17.2 Å². The van der Waals surface area contributed by atoms with E-state index < -0.39 is 17.7 Å². The minimum absolute atomic E-state index is 0.0255. The number of hydrogen-bond donors (Lipinski definition) is 1. The first-order chi connectivity index (χ1) is 18.2. The van der Waals surface area contributed by atoms with Gasteiger partial charge < -0.3 is 19.3 Å². The van der Waals surface area contributed by atoms with Gasteiger partial charge in [-0.3, -0.25) is 14.5 Å². The molecule has 0 radical (unpaired) electrons. The van der Waals surface area contributed by atoms with Crippen molar-refractivity contribution in [2.75, 3.05) is 24.7 Å². The summed E-state index contributed by atoms with van der Waals surface area (Å²) in [7, 11) is 0. The Kier molecular flexibility index (Phi) is 6.61. The molecule has 1 fully saturated rings. The van der Waals surface area contributed by atoms with E-state index in [1.165, 1.54) is 4.90 Å². The van der Waals surface area contributed by atoms with Crippen LogP contribution in [-0.4, -0.2) is 36.6 Å². The Morgan fingerprint density at radius 1 is 0.947 bits per heavy atom. The third-order valence-corrected chi connectivity index (χ3v) is 6.78. The SMILES string of the molecule is CCOc1ccc(/C(O)=C2\C(=O)C(=O)N(c3ccc4c(c3)OCCO4)C2c2ccc(C(C)(C)C)cc2)cc1. The standard InChI is InChI=1S/C31H31NO6/c1-5-36-23-13-8-20(9-14-23)28(33)26-27(19-6-10-21(11-7-19)31(2,3)4)32(30(35)29(26)34)22-12-15-24-25(18-22)38-17-16-37-24/h6-15,18,27,33H,5,16-17H2,1-4H3/b28-26+. The molecule has 3 aromatic carbocycles. The van der Waals surface area contributed by atoms with E-state index >= 15 is 0 Å². The first-order valence-electron chi connectivity index (χ1n) is 12.7. The zero-order chi connectivity index (χ0) is 27.0. The van der Waals surface area contributed by atoms with E-state index in [-0.39, 0.29) is 16.7 Å². The van der Waals surface area contributed by atoms with E-state index in [0.29, 0.717) is 53.9 Å². The summed E-state index contributed by atoms with van der Waals surface area (Å²) in [6.45, 7) is 9.60. The number of hydrogen-bond acceptors (Lipinski definition) is 6. The Balaban J connectivity index is 1.65. The summed E-state index contributed by atoms with van der Waals surface area (Å²) in [5.41, 5.74) is 2.68. The van der Waals surface area contributed by atoms with Gasteiger partial charge in [0, 0.05) is 17.3 Å². The van der Waals surface area contributed by atoms with E-state index in [0.717, 1.165) is 5.56 Å². The van der Waals surface area contributed by atoms with Gasteiger partial charge in [-0.05, 0) is 59.9 Å². The van der Waals surface area contributed by atoms with Crippen molar-refractivity contribution < 1.29 is 28.9 Å². The number of fused-ring (bicyclic) bond motifs is 1. The number of rotatable bonds is 5. The molecule has 7 heteroatoms. The Bertz CT molecular complexity index is 1400. The summed E-state index contributed by atoms with van der Waals surface area (Å²) in [5.74, 6) is 0.0164. The van der Waals surface area contributed by atoms with Gasteiger partial charge in [-0.1, -0.05) is 45.0 Å². The van der Waals surface area contributed by atoms with E-state index in [4.69, 9.17) is 14.2 Å². The number of aliphatic hydroxyl groups excluding tert-OH is 1. The fraction of sp³-hybridized carbons (Fsp3) is 0.290. The van der Waals surface area contributed by atoms with Gasteiger partial charge in [0.25, 0.3) is 11.7 Å². The fourth-order valence-electron chi connectivity index (χ4n) is 4.79. The van der Waals surface area contributed by atoms with Crippen LogP contribution in [0.2, 0.25) is 0 Å². The Morgan fingerprint density at radius 3 is 2.24 bits per heavy atom. The van der Waals surface area contributed by atoms with Crippen LogP contribution >= 0.6 is 0 Å². The van der Waals surface area contributed by atoms with E-state index in [1.807, 2.05) is 31.2 Å². The molecule has 0 bridgehead atoms. The predicted octanol–water partition coefficient (Wildman–Crippen LogP) is 5.78. The van der Waals surface area contributed by atoms with Crippen LogP contribution < -0.4 is 19.1 Å². The van der Waals surface area contributed by atoms with Crippen molar-refractivity contribution in [3.8, 4) is 17.2 Å². The number of amides is 1. The van der Waals surface area contributed by atoms with Gasteiger partial charge in [-0.15, -0.1) is 0 Å². The van der Waals surface area contributed by atoms with Crippen LogP contribution in [0.3, 0.4) is 0 Å². The third kappa shape index (κ3) is 4.60. The van der Waals surface area contributed by atoms with Crippen LogP contribution in [0.25, 0.3) is 5.76 Å². The van der Waals surface area contributed by atoms with E-state index in [1.54, 1.807) is 42.5 Å². The smallest absolute Gasteiger partial charge is 0.300 e. The minimum atomic E-state index is -0.835. The maximum Gasteiger partial charge on any atom is 0.300 e. The summed E-state index contributed by atoms with van der Waals surface area (Å²) < 4.78 is 16.9. The van der Waals surface area contributed by atoms with Crippen molar-refractivity contribution in [3.63, 3.8) is 0 Å². The van der Waals surface area contributed by atoms with Gasteiger partial charge in [0.15, 0.2) is 11.5 Å². The van der Waals surface area contributed by atoms with E-state index in [2.05, 4.69) is 20.8 Å². The Hall–Kier alpha value is -4.26. The van der Waals surface area contributed by atoms with Gasteiger partial charge in [0.2, 0.25) is 0 Å². The average molecular weight is 514 g/mol. The van der Waals surface area contributed by atoms with Crippen molar-refractivity contribution in [2.24, 2.45) is 0 Å². The largest absolute Gasteiger partial charge is 0.507 e. The fourth-order valence-corrected chi connectivity index (χ4v) is 4.79. The molecule has 5 rings (SSSR count). The van der Waals surface area contributed by atoms with Crippen molar-refractivity contribution in [1.29, 1.82) is 0 Å². The number of aliphatic hydroxyl groups is 1. The number of carbonyl (C=O) groups excluding carboxylic acids is 2. The van der Waals surface area contributed by atoms with Gasteiger partial charge >= 0.3 is 0 Å². The first-order valence-corrected chi connectivity index (χ1v) is 12.7. The van der Waals surface area contributed by atoms with Crippen LogP contribution in [0, 0.1) is 0 Å². The van der Waals surface area contributed by atoms with Crippen molar-refractivity contribution in [1.82, 2.24) is 0 Å². The lowest BCUT2D eigenvalue weighted by Crippen LogP contribution is -2.29. The van der Waals surface area contributed by atoms with Crippen molar-refractivity contribution >= 4 is 23.1 Å². The van der Waals surface area contributed by atoms with Gasteiger partial charge in [0.05, 0.1) is 18.2 Å². The molecule has 1 atom stereocenters. The number of ketones is 1. The summed E-state index contributed by atoms with van der Waals surface area (Å²) in [4.78, 5) is 28.4. The second-order valence-electron chi connectivity index (χ2n) is 10.3. The number of anilines is 1. The normalized spacial score (nSPS) is 18.5. The number of ether oxygens (including phenoxy) is 3. The molecule has 0 saturated carbocycles. The molecule has 2 heterocycles. The number of carbonyl (C=O) groups is 2. The summed E-state index contributed by atoms with van der Waals surface area (Å²) in [6.07, 6.45) is 0. The second-order valence-corrected chi connectivity index (χ2v) is 10.3. The van der Waals surface area contributed by atoms with Crippen LogP contribution in [-0.2, 0) is 15.0 Å². The highest BCUT2D eigenvalue weighted by molar-refractivity contribution is 6.51. The van der Waals surface area contributed by atoms with Gasteiger partial charge in [0.1, 0.15) is 24.7 Å². The highest BCUT2D eigenvalue weighted by Crippen LogP contribution is 2.45. The number of nitrogens with zero attached hydrogens (tertiary/aromatic N) is 1. The molecular formula is C31H31NO6. The van der Waals surface area contributed by atoms with Crippen molar-refractivity contribution in [3.05, 3.63) is 89.0 Å². The summed E-state index contributed by atoms with van der Waals surface area (Å²) in [5, 5.41) is 11.4. The molecule has 38 heavy (non-hydrogen) atoms. The highest BCUT2D eigenvalue weighted by Gasteiger charge is 2.47. The minimum Gasteiger partial charge on any atom is -0.507 e. The molecule has 1 saturated heterocycles. The summed E-state index contributed by atoms with van der Waals surface area (Å²) in [6, 6.07) is 18.9. The van der Waals surface area contributed by atoms with Gasteiger partial charge in [-0.2, -0.15) is 0 Å². The first kappa shape index (κ1) is 25.4. The molecule has 196 valence electrons. The molecule has 7 nitrogen and oxygen atoms in total. The maximum atomic E-state index is 13.5. The second kappa shape index (κ2) is 9.89. The molecule has 1 N–H and O–H groups in total.